The maximum atomic E-state index is 13.8. The summed E-state index contributed by atoms with van der Waals surface area (Å²) in [4.78, 5) is -0.104. The summed E-state index contributed by atoms with van der Waals surface area (Å²) in [5.41, 5.74) is 0.549. The Kier molecular flexibility index (Phi) is 3.87. The first-order chi connectivity index (χ1) is 8.61. The molecule has 2 rings (SSSR count). The third kappa shape index (κ3) is 2.65. The lowest BCUT2D eigenvalue weighted by atomic mass is 10.2. The second-order valence-electron chi connectivity index (χ2n) is 3.61. The van der Waals surface area contributed by atoms with Crippen LogP contribution in [0, 0.1) is 11.6 Å². The number of hydrogen-bond acceptors (Lipinski definition) is 5. The van der Waals surface area contributed by atoms with Gasteiger partial charge in [-0.25, -0.2) is 13.5 Å². The highest BCUT2D eigenvalue weighted by atomic mass is 32.2. The third-order valence-corrected chi connectivity index (χ3v) is 3.34. The van der Waals surface area contributed by atoms with Crippen LogP contribution in [0.2, 0.25) is 0 Å². The number of tetrazole rings is 1. The highest BCUT2D eigenvalue weighted by molar-refractivity contribution is 7.99. The maximum Gasteiger partial charge on any atom is 0.214 e. The molecule has 0 aliphatic carbocycles. The molecule has 0 aliphatic rings. The van der Waals surface area contributed by atoms with Crippen LogP contribution < -0.4 is 5.32 Å². The van der Waals surface area contributed by atoms with Crippen molar-refractivity contribution >= 4 is 11.8 Å². The van der Waals surface area contributed by atoms with Gasteiger partial charge in [-0.2, -0.15) is 0 Å². The molecule has 0 atom stereocenters. The minimum absolute atomic E-state index is 0.104. The Balaban J connectivity index is 2.31. The Bertz CT molecular complexity index is 534. The maximum absolute atomic E-state index is 13.8. The third-order valence-electron chi connectivity index (χ3n) is 2.21. The molecule has 0 fully saturated rings. The number of halogens is 2. The van der Waals surface area contributed by atoms with Gasteiger partial charge in [0, 0.05) is 13.6 Å². The van der Waals surface area contributed by atoms with Crippen molar-refractivity contribution in [3.8, 4) is 0 Å². The van der Waals surface area contributed by atoms with Crippen LogP contribution in [0.25, 0.3) is 0 Å². The van der Waals surface area contributed by atoms with Crippen LogP contribution in [-0.2, 0) is 13.6 Å². The van der Waals surface area contributed by atoms with Crippen molar-refractivity contribution in [2.24, 2.45) is 7.05 Å². The van der Waals surface area contributed by atoms with E-state index in [1.165, 1.54) is 16.8 Å². The summed E-state index contributed by atoms with van der Waals surface area (Å²) in [6.07, 6.45) is 0. The van der Waals surface area contributed by atoms with E-state index in [1.54, 1.807) is 14.1 Å². The fraction of sp³-hybridized carbons (Fsp3) is 0.300. The van der Waals surface area contributed by atoms with E-state index in [0.29, 0.717) is 17.3 Å². The molecule has 5 nitrogen and oxygen atoms in total. The van der Waals surface area contributed by atoms with Gasteiger partial charge >= 0.3 is 0 Å². The summed E-state index contributed by atoms with van der Waals surface area (Å²) in [6.45, 7) is 0.407. The summed E-state index contributed by atoms with van der Waals surface area (Å²) in [6, 6.07) is 2.59. The molecule has 0 amide bonds. The molecule has 0 saturated heterocycles. The van der Waals surface area contributed by atoms with E-state index in [4.69, 9.17) is 0 Å². The number of benzene rings is 1. The van der Waals surface area contributed by atoms with Gasteiger partial charge in [-0.3, -0.25) is 0 Å². The zero-order valence-corrected chi connectivity index (χ0v) is 10.6. The van der Waals surface area contributed by atoms with Gasteiger partial charge in [0.1, 0.15) is 11.6 Å². The number of nitrogens with zero attached hydrogens (tertiary/aromatic N) is 4. The second kappa shape index (κ2) is 5.40. The molecule has 0 aliphatic heterocycles. The first kappa shape index (κ1) is 12.9. The predicted octanol–water partition coefficient (Wildman–Crippen LogP) is 1.36. The monoisotopic (exact) mass is 271 g/mol. The van der Waals surface area contributed by atoms with E-state index < -0.39 is 11.6 Å². The van der Waals surface area contributed by atoms with Crippen LogP contribution in [0.4, 0.5) is 8.78 Å². The molecule has 18 heavy (non-hydrogen) atoms. The average Bonchev–Trinajstić information content (AvgIpc) is 2.70. The molecule has 0 unspecified atom stereocenters. The van der Waals surface area contributed by atoms with E-state index in [2.05, 4.69) is 20.8 Å². The number of nitrogens with one attached hydrogen (secondary N) is 1. The molecule has 0 radical (unpaired) electrons. The predicted molar refractivity (Wildman–Crippen MR) is 62.0 cm³/mol. The number of aryl methyl sites for hydroxylation is 1. The minimum Gasteiger partial charge on any atom is -0.316 e. The summed E-state index contributed by atoms with van der Waals surface area (Å²) in [5.74, 6) is -1.23. The van der Waals surface area contributed by atoms with Crippen molar-refractivity contribution in [3.05, 3.63) is 29.3 Å². The lowest BCUT2D eigenvalue weighted by molar-refractivity contribution is 0.535. The first-order valence-electron chi connectivity index (χ1n) is 5.14. The molecule has 0 spiro atoms. The molecule has 1 aromatic carbocycles. The summed E-state index contributed by atoms with van der Waals surface area (Å²) in [5, 5.41) is 13.8. The average molecular weight is 271 g/mol. The van der Waals surface area contributed by atoms with Crippen molar-refractivity contribution in [1.29, 1.82) is 0 Å². The SMILES string of the molecule is CNCc1cc(F)c(Sc2nnnn2C)c(F)c1. The second-order valence-corrected chi connectivity index (χ2v) is 4.58. The fourth-order valence-electron chi connectivity index (χ4n) is 1.42. The topological polar surface area (TPSA) is 55.6 Å². The summed E-state index contributed by atoms with van der Waals surface area (Å²) >= 11 is 0.857. The van der Waals surface area contributed by atoms with Gasteiger partial charge in [0.25, 0.3) is 0 Å². The van der Waals surface area contributed by atoms with Crippen LogP contribution in [-0.4, -0.2) is 27.3 Å². The normalized spacial score (nSPS) is 10.9. The quantitative estimate of drug-likeness (QED) is 0.910. The van der Waals surface area contributed by atoms with Crippen molar-refractivity contribution in [3.63, 3.8) is 0 Å². The highest BCUT2D eigenvalue weighted by Crippen LogP contribution is 2.30. The van der Waals surface area contributed by atoms with Gasteiger partial charge in [-0.05, 0) is 46.9 Å². The van der Waals surface area contributed by atoms with Gasteiger partial charge in [0.2, 0.25) is 5.16 Å². The number of rotatable bonds is 4. The summed E-state index contributed by atoms with van der Waals surface area (Å²) in [7, 11) is 3.32. The van der Waals surface area contributed by atoms with E-state index in [9.17, 15) is 8.78 Å². The molecule has 8 heteroatoms. The molecule has 1 heterocycles. The van der Waals surface area contributed by atoms with Crippen LogP contribution in [0.1, 0.15) is 5.56 Å². The zero-order valence-electron chi connectivity index (χ0n) is 9.81. The van der Waals surface area contributed by atoms with Crippen molar-refractivity contribution < 1.29 is 8.78 Å². The van der Waals surface area contributed by atoms with Crippen LogP contribution in [0.15, 0.2) is 22.2 Å². The van der Waals surface area contributed by atoms with Crippen molar-refractivity contribution in [1.82, 2.24) is 25.5 Å². The molecular formula is C10H11F2N5S. The Hall–Kier alpha value is -1.54. The summed E-state index contributed by atoms with van der Waals surface area (Å²) < 4.78 is 28.9. The molecule has 1 N–H and O–H groups in total. The van der Waals surface area contributed by atoms with Gasteiger partial charge in [0.15, 0.2) is 0 Å². The van der Waals surface area contributed by atoms with Gasteiger partial charge < -0.3 is 5.32 Å². The highest BCUT2D eigenvalue weighted by Gasteiger charge is 2.15. The lowest BCUT2D eigenvalue weighted by Gasteiger charge is -2.06. The minimum atomic E-state index is -0.617. The van der Waals surface area contributed by atoms with Crippen molar-refractivity contribution in [2.75, 3.05) is 7.05 Å². The van der Waals surface area contributed by atoms with Crippen LogP contribution >= 0.6 is 11.8 Å². The van der Waals surface area contributed by atoms with Gasteiger partial charge in [0.05, 0.1) is 4.90 Å². The van der Waals surface area contributed by atoms with Gasteiger partial charge in [-0.1, -0.05) is 0 Å². The van der Waals surface area contributed by atoms with Gasteiger partial charge in [-0.15, -0.1) is 5.10 Å². The lowest BCUT2D eigenvalue weighted by Crippen LogP contribution is -2.06. The molecule has 2 aromatic rings. The Morgan fingerprint density at radius 2 is 2.00 bits per heavy atom. The number of hydrogen-bond donors (Lipinski definition) is 1. The number of aromatic nitrogens is 4. The smallest absolute Gasteiger partial charge is 0.214 e. The largest absolute Gasteiger partial charge is 0.316 e. The Morgan fingerprint density at radius 3 is 2.50 bits per heavy atom. The van der Waals surface area contributed by atoms with Crippen LogP contribution in [0.5, 0.6) is 0 Å². The van der Waals surface area contributed by atoms with E-state index in [0.717, 1.165) is 11.8 Å². The van der Waals surface area contributed by atoms with E-state index >= 15 is 0 Å². The fourth-order valence-corrected chi connectivity index (χ4v) is 2.16. The first-order valence-corrected chi connectivity index (χ1v) is 5.96. The molecular weight excluding hydrogens is 260 g/mol. The van der Waals surface area contributed by atoms with Crippen molar-refractivity contribution in [2.45, 2.75) is 16.6 Å². The Morgan fingerprint density at radius 1 is 1.33 bits per heavy atom. The molecule has 1 aromatic heterocycles. The standard InChI is InChI=1S/C10H11F2N5S/c1-13-5-6-3-7(11)9(8(12)4-6)18-10-14-15-16-17(10)2/h3-4,13H,5H2,1-2H3. The Labute approximate surface area is 107 Å². The molecule has 0 saturated carbocycles. The van der Waals surface area contributed by atoms with Crippen LogP contribution in [0.3, 0.4) is 0 Å². The zero-order chi connectivity index (χ0) is 13.1. The molecule has 0 bridgehead atoms. The molecule has 96 valence electrons. The van der Waals surface area contributed by atoms with E-state index in [1.807, 2.05) is 0 Å². The van der Waals surface area contributed by atoms with E-state index in [-0.39, 0.29) is 4.90 Å².